The van der Waals surface area contributed by atoms with Crippen LogP contribution in [0.4, 0.5) is 5.69 Å². The number of ether oxygens (including phenoxy) is 1. The standard InChI is InChI=1S/C20H16Cl3NO/c21-16-4-6-17(7-5-16)24-12-14-1-8-18(9-2-14)25-13-15-3-10-19(22)20(23)11-15/h1-11,24H,12-13H2. The molecule has 0 aliphatic rings. The summed E-state index contributed by atoms with van der Waals surface area (Å²) >= 11 is 17.8. The Balaban J connectivity index is 1.53. The predicted molar refractivity (Wildman–Crippen MR) is 106 cm³/mol. The highest BCUT2D eigenvalue weighted by Gasteiger charge is 2.01. The summed E-state index contributed by atoms with van der Waals surface area (Å²) in [5.74, 6) is 0.807. The Morgan fingerprint density at radius 1 is 0.720 bits per heavy atom. The minimum absolute atomic E-state index is 0.444. The summed E-state index contributed by atoms with van der Waals surface area (Å²) < 4.78 is 5.78. The molecule has 0 amide bonds. The predicted octanol–water partition coefficient (Wildman–Crippen LogP) is 6.84. The Morgan fingerprint density at radius 2 is 1.40 bits per heavy atom. The molecule has 0 saturated heterocycles. The molecule has 1 N–H and O–H groups in total. The van der Waals surface area contributed by atoms with Gasteiger partial charge in [0.2, 0.25) is 0 Å². The van der Waals surface area contributed by atoms with Crippen LogP contribution in [-0.4, -0.2) is 0 Å². The second-order valence-electron chi connectivity index (χ2n) is 5.54. The first kappa shape index (κ1) is 17.9. The molecular weight excluding hydrogens is 377 g/mol. The van der Waals surface area contributed by atoms with Crippen LogP contribution in [0.3, 0.4) is 0 Å². The molecule has 0 saturated carbocycles. The number of hydrogen-bond acceptors (Lipinski definition) is 2. The number of anilines is 1. The van der Waals surface area contributed by atoms with Crippen LogP contribution in [0, 0.1) is 0 Å². The molecule has 3 rings (SSSR count). The highest BCUT2D eigenvalue weighted by molar-refractivity contribution is 6.42. The molecule has 0 unspecified atom stereocenters. The molecule has 0 radical (unpaired) electrons. The molecular formula is C20H16Cl3NO. The van der Waals surface area contributed by atoms with E-state index in [-0.39, 0.29) is 0 Å². The molecule has 0 aliphatic carbocycles. The van der Waals surface area contributed by atoms with Gasteiger partial charge in [-0.1, -0.05) is 53.0 Å². The van der Waals surface area contributed by atoms with Crippen molar-refractivity contribution >= 4 is 40.5 Å². The van der Waals surface area contributed by atoms with Crippen LogP contribution in [0.2, 0.25) is 15.1 Å². The van der Waals surface area contributed by atoms with Crippen molar-refractivity contribution in [3.63, 3.8) is 0 Å². The van der Waals surface area contributed by atoms with E-state index in [4.69, 9.17) is 39.5 Å². The van der Waals surface area contributed by atoms with Gasteiger partial charge in [-0.05, 0) is 59.7 Å². The molecule has 5 heteroatoms. The van der Waals surface area contributed by atoms with E-state index in [2.05, 4.69) is 5.32 Å². The monoisotopic (exact) mass is 391 g/mol. The maximum Gasteiger partial charge on any atom is 0.119 e. The first-order valence-electron chi connectivity index (χ1n) is 7.75. The van der Waals surface area contributed by atoms with Crippen LogP contribution in [0.15, 0.2) is 66.7 Å². The molecule has 3 aromatic rings. The fourth-order valence-corrected chi connectivity index (χ4v) is 2.72. The minimum Gasteiger partial charge on any atom is -0.489 e. The summed E-state index contributed by atoms with van der Waals surface area (Å²) in [6, 6.07) is 21.1. The maximum absolute atomic E-state index is 6.01. The van der Waals surface area contributed by atoms with E-state index in [0.717, 1.165) is 34.1 Å². The quantitative estimate of drug-likeness (QED) is 0.496. The van der Waals surface area contributed by atoms with Gasteiger partial charge in [0.15, 0.2) is 0 Å². The van der Waals surface area contributed by atoms with Crippen molar-refractivity contribution in [3.8, 4) is 5.75 Å². The lowest BCUT2D eigenvalue weighted by Crippen LogP contribution is -1.99. The molecule has 0 aromatic heterocycles. The minimum atomic E-state index is 0.444. The van der Waals surface area contributed by atoms with Gasteiger partial charge in [0.05, 0.1) is 10.0 Å². The molecule has 0 fully saturated rings. The highest BCUT2D eigenvalue weighted by Crippen LogP contribution is 2.23. The van der Waals surface area contributed by atoms with E-state index in [1.165, 1.54) is 0 Å². The largest absolute Gasteiger partial charge is 0.489 e. The molecule has 0 spiro atoms. The normalized spacial score (nSPS) is 10.5. The van der Waals surface area contributed by atoms with Gasteiger partial charge in [-0.15, -0.1) is 0 Å². The maximum atomic E-state index is 6.01. The number of hydrogen-bond donors (Lipinski definition) is 1. The zero-order chi connectivity index (χ0) is 17.6. The topological polar surface area (TPSA) is 21.3 Å². The highest BCUT2D eigenvalue weighted by atomic mass is 35.5. The number of benzene rings is 3. The zero-order valence-electron chi connectivity index (χ0n) is 13.3. The molecule has 0 aliphatic heterocycles. The summed E-state index contributed by atoms with van der Waals surface area (Å²) in [5, 5.41) is 5.16. The second-order valence-corrected chi connectivity index (χ2v) is 6.79. The molecule has 3 aromatic carbocycles. The van der Waals surface area contributed by atoms with Gasteiger partial charge in [-0.2, -0.15) is 0 Å². The van der Waals surface area contributed by atoms with Gasteiger partial charge < -0.3 is 10.1 Å². The fraction of sp³-hybridized carbons (Fsp3) is 0.100. The Bertz CT molecular complexity index is 833. The van der Waals surface area contributed by atoms with Gasteiger partial charge in [-0.3, -0.25) is 0 Å². The van der Waals surface area contributed by atoms with Crippen molar-refractivity contribution in [1.29, 1.82) is 0 Å². The van der Waals surface area contributed by atoms with Gasteiger partial charge in [0.25, 0.3) is 0 Å². The number of halogens is 3. The lowest BCUT2D eigenvalue weighted by molar-refractivity contribution is 0.306. The summed E-state index contributed by atoms with van der Waals surface area (Å²) in [6.07, 6.45) is 0. The van der Waals surface area contributed by atoms with Gasteiger partial charge >= 0.3 is 0 Å². The Labute approximate surface area is 162 Å². The van der Waals surface area contributed by atoms with Crippen molar-refractivity contribution in [2.24, 2.45) is 0 Å². The first-order chi connectivity index (χ1) is 12.1. The fourth-order valence-electron chi connectivity index (χ4n) is 2.27. The third kappa shape index (κ3) is 5.30. The van der Waals surface area contributed by atoms with Crippen molar-refractivity contribution in [1.82, 2.24) is 0 Å². The molecule has 2 nitrogen and oxygen atoms in total. The van der Waals surface area contributed by atoms with Gasteiger partial charge in [0, 0.05) is 17.3 Å². The molecule has 0 heterocycles. The smallest absolute Gasteiger partial charge is 0.119 e. The Kier molecular flexibility index (Phi) is 6.09. The average molecular weight is 393 g/mol. The third-order valence-corrected chi connectivity index (χ3v) is 4.64. The SMILES string of the molecule is Clc1ccc(NCc2ccc(OCc3ccc(Cl)c(Cl)c3)cc2)cc1. The van der Waals surface area contributed by atoms with Crippen molar-refractivity contribution in [2.45, 2.75) is 13.2 Å². The Hall–Kier alpha value is -1.87. The van der Waals surface area contributed by atoms with E-state index in [0.29, 0.717) is 16.7 Å². The van der Waals surface area contributed by atoms with Crippen LogP contribution in [0.5, 0.6) is 5.75 Å². The molecule has 0 atom stereocenters. The molecule has 128 valence electrons. The van der Waals surface area contributed by atoms with Gasteiger partial charge in [0.1, 0.15) is 12.4 Å². The summed E-state index contributed by atoms with van der Waals surface area (Å²) in [7, 11) is 0. The van der Waals surface area contributed by atoms with Crippen LogP contribution in [-0.2, 0) is 13.2 Å². The summed E-state index contributed by atoms with van der Waals surface area (Å²) in [6.45, 7) is 1.17. The summed E-state index contributed by atoms with van der Waals surface area (Å²) in [4.78, 5) is 0. The summed E-state index contributed by atoms with van der Waals surface area (Å²) in [5.41, 5.74) is 3.17. The van der Waals surface area contributed by atoms with E-state index < -0.39 is 0 Å². The van der Waals surface area contributed by atoms with Gasteiger partial charge in [-0.25, -0.2) is 0 Å². The van der Waals surface area contributed by atoms with Crippen molar-refractivity contribution in [2.75, 3.05) is 5.32 Å². The lowest BCUT2D eigenvalue weighted by Gasteiger charge is -2.09. The van der Waals surface area contributed by atoms with Crippen LogP contribution < -0.4 is 10.1 Å². The molecule has 25 heavy (non-hydrogen) atoms. The second kappa shape index (κ2) is 8.48. The van der Waals surface area contributed by atoms with Crippen LogP contribution in [0.25, 0.3) is 0 Å². The van der Waals surface area contributed by atoms with E-state index in [9.17, 15) is 0 Å². The Morgan fingerprint density at radius 3 is 2.08 bits per heavy atom. The van der Waals surface area contributed by atoms with Crippen LogP contribution >= 0.6 is 34.8 Å². The molecule has 0 bridgehead atoms. The third-order valence-electron chi connectivity index (χ3n) is 3.65. The average Bonchev–Trinajstić information content (AvgIpc) is 2.63. The first-order valence-corrected chi connectivity index (χ1v) is 8.89. The number of nitrogens with one attached hydrogen (secondary N) is 1. The zero-order valence-corrected chi connectivity index (χ0v) is 15.6. The van der Waals surface area contributed by atoms with E-state index >= 15 is 0 Å². The van der Waals surface area contributed by atoms with Crippen molar-refractivity contribution in [3.05, 3.63) is 92.9 Å². The van der Waals surface area contributed by atoms with Crippen molar-refractivity contribution < 1.29 is 4.74 Å². The van der Waals surface area contributed by atoms with E-state index in [1.807, 2.05) is 60.7 Å². The number of rotatable bonds is 6. The van der Waals surface area contributed by atoms with Crippen LogP contribution in [0.1, 0.15) is 11.1 Å². The van der Waals surface area contributed by atoms with E-state index in [1.54, 1.807) is 6.07 Å². The lowest BCUT2D eigenvalue weighted by atomic mass is 10.2.